The fourth-order valence-electron chi connectivity index (χ4n) is 3.54. The first-order valence-electron chi connectivity index (χ1n) is 10.6. The number of imide groups is 1. The maximum Gasteiger partial charge on any atom is 0.278 e. The van der Waals surface area contributed by atoms with Crippen LogP contribution in [0.3, 0.4) is 0 Å². The molecule has 1 aromatic heterocycles. The van der Waals surface area contributed by atoms with Gasteiger partial charge in [0.25, 0.3) is 11.8 Å². The zero-order valence-electron chi connectivity index (χ0n) is 18.2. The van der Waals surface area contributed by atoms with Crippen LogP contribution in [0.4, 0.5) is 5.69 Å². The number of ether oxygens (including phenoxy) is 1. The maximum absolute atomic E-state index is 13.4. The van der Waals surface area contributed by atoms with Gasteiger partial charge in [-0.2, -0.15) is 0 Å². The van der Waals surface area contributed by atoms with E-state index in [1.54, 1.807) is 18.3 Å². The van der Waals surface area contributed by atoms with Gasteiger partial charge in [-0.05, 0) is 54.8 Å². The number of hydrogen-bond donors (Lipinski definition) is 1. The fraction of sp³-hybridized carbons (Fsp3) is 0.192. The van der Waals surface area contributed by atoms with E-state index in [1.807, 2.05) is 68.4 Å². The number of nitrogens with zero attached hydrogens (tertiary/aromatic N) is 2. The van der Waals surface area contributed by atoms with Gasteiger partial charge in [-0.1, -0.05) is 43.3 Å². The fourth-order valence-corrected chi connectivity index (χ4v) is 3.54. The molecule has 1 N–H and O–H groups in total. The molecule has 0 saturated heterocycles. The Hall–Kier alpha value is -3.93. The van der Waals surface area contributed by atoms with Crippen LogP contribution in [0.15, 0.2) is 78.6 Å². The van der Waals surface area contributed by atoms with Crippen LogP contribution >= 0.6 is 0 Å². The van der Waals surface area contributed by atoms with Crippen molar-refractivity contribution in [1.82, 2.24) is 9.88 Å². The number of amides is 2. The highest BCUT2D eigenvalue weighted by Crippen LogP contribution is 2.32. The van der Waals surface area contributed by atoms with Crippen molar-refractivity contribution in [3.8, 4) is 5.75 Å². The van der Waals surface area contributed by atoms with Gasteiger partial charge in [0.05, 0.1) is 24.4 Å². The Bertz CT molecular complexity index is 1150. The smallest absolute Gasteiger partial charge is 0.278 e. The highest BCUT2D eigenvalue weighted by atomic mass is 16.5. The Morgan fingerprint density at radius 1 is 0.938 bits per heavy atom. The lowest BCUT2D eigenvalue weighted by molar-refractivity contribution is -0.137. The Labute approximate surface area is 187 Å². The first-order chi connectivity index (χ1) is 15.6. The van der Waals surface area contributed by atoms with Crippen molar-refractivity contribution < 1.29 is 14.3 Å². The summed E-state index contributed by atoms with van der Waals surface area (Å²) in [5.74, 6) is 0.0101. The molecule has 0 radical (unpaired) electrons. The summed E-state index contributed by atoms with van der Waals surface area (Å²) >= 11 is 0. The highest BCUT2D eigenvalue weighted by molar-refractivity contribution is 6.36. The van der Waals surface area contributed by atoms with E-state index < -0.39 is 0 Å². The van der Waals surface area contributed by atoms with Crippen LogP contribution in [0.25, 0.3) is 5.57 Å². The minimum absolute atomic E-state index is 0.110. The Morgan fingerprint density at radius 3 is 2.38 bits per heavy atom. The van der Waals surface area contributed by atoms with Crippen LogP contribution < -0.4 is 10.1 Å². The lowest BCUT2D eigenvalue weighted by Gasteiger charge is -2.15. The van der Waals surface area contributed by atoms with Crippen molar-refractivity contribution in [2.75, 3.05) is 11.9 Å². The van der Waals surface area contributed by atoms with E-state index in [-0.39, 0.29) is 24.1 Å². The molecule has 6 nitrogen and oxygen atoms in total. The Morgan fingerprint density at radius 2 is 1.69 bits per heavy atom. The van der Waals surface area contributed by atoms with Crippen molar-refractivity contribution in [3.05, 3.63) is 95.4 Å². The molecule has 162 valence electrons. The van der Waals surface area contributed by atoms with Crippen LogP contribution in [0.5, 0.6) is 5.75 Å². The van der Waals surface area contributed by atoms with Crippen LogP contribution in [0.1, 0.15) is 30.2 Å². The first-order valence-corrected chi connectivity index (χ1v) is 10.6. The minimum atomic E-state index is -0.370. The molecule has 0 unspecified atom stereocenters. The summed E-state index contributed by atoms with van der Waals surface area (Å²) in [5.41, 5.74) is 3.68. The summed E-state index contributed by atoms with van der Waals surface area (Å²) in [6, 6.07) is 20.4. The number of aryl methyl sites for hydroxylation is 1. The lowest BCUT2D eigenvalue weighted by Crippen LogP contribution is -2.32. The number of hydrogen-bond acceptors (Lipinski definition) is 5. The van der Waals surface area contributed by atoms with E-state index in [9.17, 15) is 9.59 Å². The minimum Gasteiger partial charge on any atom is -0.494 e. The van der Waals surface area contributed by atoms with Crippen LogP contribution in [0, 0.1) is 6.92 Å². The molecule has 0 spiro atoms. The molecule has 2 amide bonds. The maximum atomic E-state index is 13.4. The summed E-state index contributed by atoms with van der Waals surface area (Å²) in [5, 5.41) is 3.22. The number of carbonyl (C=O) groups is 2. The van der Waals surface area contributed by atoms with Crippen molar-refractivity contribution in [1.29, 1.82) is 0 Å². The summed E-state index contributed by atoms with van der Waals surface area (Å²) in [6.45, 7) is 4.73. The summed E-state index contributed by atoms with van der Waals surface area (Å²) < 4.78 is 5.66. The number of rotatable bonds is 8. The van der Waals surface area contributed by atoms with Crippen LogP contribution in [0.2, 0.25) is 0 Å². The van der Waals surface area contributed by atoms with Crippen molar-refractivity contribution in [2.24, 2.45) is 0 Å². The van der Waals surface area contributed by atoms with E-state index in [0.29, 0.717) is 23.4 Å². The summed E-state index contributed by atoms with van der Waals surface area (Å²) in [6.07, 6.45) is 2.56. The molecule has 3 aromatic rings. The molecule has 0 bridgehead atoms. The number of aromatic nitrogens is 1. The lowest BCUT2D eigenvalue weighted by atomic mass is 10.0. The van der Waals surface area contributed by atoms with Crippen molar-refractivity contribution in [3.63, 3.8) is 0 Å². The highest BCUT2D eigenvalue weighted by Gasteiger charge is 2.39. The van der Waals surface area contributed by atoms with Crippen molar-refractivity contribution >= 4 is 23.1 Å². The number of nitrogens with one attached hydrogen (secondary N) is 1. The standard InChI is InChI=1S/C26H25N3O3/c1-3-16-32-21-13-11-19(12-14-21)23-24(28-22-10-5-4-8-18(22)2)26(31)29(25(23)30)17-20-9-6-7-15-27-20/h4-15,28H,3,16-17H2,1-2H3. The van der Waals surface area contributed by atoms with Gasteiger partial charge in [-0.25, -0.2) is 0 Å². The average Bonchev–Trinajstić information content (AvgIpc) is 3.04. The molecule has 1 aliphatic heterocycles. The second-order valence-electron chi connectivity index (χ2n) is 7.58. The Kier molecular flexibility index (Phi) is 6.31. The number of benzene rings is 2. The van der Waals surface area contributed by atoms with Crippen molar-refractivity contribution in [2.45, 2.75) is 26.8 Å². The normalized spacial score (nSPS) is 13.6. The van der Waals surface area contributed by atoms with Gasteiger partial charge >= 0.3 is 0 Å². The predicted molar refractivity (Wildman–Crippen MR) is 124 cm³/mol. The van der Waals surface area contributed by atoms with E-state index in [0.717, 1.165) is 23.4 Å². The van der Waals surface area contributed by atoms with Gasteiger partial charge in [0, 0.05) is 11.9 Å². The topological polar surface area (TPSA) is 71.5 Å². The molecular weight excluding hydrogens is 402 g/mol. The number of para-hydroxylation sites is 1. The average molecular weight is 428 g/mol. The quantitative estimate of drug-likeness (QED) is 0.533. The second-order valence-corrected chi connectivity index (χ2v) is 7.58. The first kappa shape index (κ1) is 21.3. The van der Waals surface area contributed by atoms with E-state index in [2.05, 4.69) is 10.3 Å². The molecule has 6 heteroatoms. The van der Waals surface area contributed by atoms with E-state index in [1.165, 1.54) is 4.90 Å². The van der Waals surface area contributed by atoms with Gasteiger partial charge in [0.1, 0.15) is 11.4 Å². The largest absolute Gasteiger partial charge is 0.494 e. The van der Waals surface area contributed by atoms with Gasteiger partial charge in [0.2, 0.25) is 0 Å². The van der Waals surface area contributed by atoms with Crippen LogP contribution in [-0.4, -0.2) is 28.3 Å². The predicted octanol–water partition coefficient (Wildman–Crippen LogP) is 4.57. The summed E-state index contributed by atoms with van der Waals surface area (Å²) in [7, 11) is 0. The van der Waals surface area contributed by atoms with Gasteiger partial charge in [0.15, 0.2) is 0 Å². The molecule has 1 aliphatic rings. The van der Waals surface area contributed by atoms with Gasteiger partial charge in [-0.3, -0.25) is 19.5 Å². The molecule has 32 heavy (non-hydrogen) atoms. The molecule has 2 aromatic carbocycles. The number of carbonyl (C=O) groups excluding carboxylic acids is 2. The number of anilines is 1. The van der Waals surface area contributed by atoms with E-state index >= 15 is 0 Å². The SMILES string of the molecule is CCCOc1ccc(C2=C(Nc3ccccc3C)C(=O)N(Cc3ccccn3)C2=O)cc1. The van der Waals surface area contributed by atoms with Crippen LogP contribution in [-0.2, 0) is 16.1 Å². The monoisotopic (exact) mass is 427 g/mol. The zero-order chi connectivity index (χ0) is 22.5. The second kappa shape index (κ2) is 9.47. The third kappa shape index (κ3) is 4.39. The van der Waals surface area contributed by atoms with Gasteiger partial charge in [-0.15, -0.1) is 0 Å². The molecule has 0 aliphatic carbocycles. The number of pyridine rings is 1. The molecule has 2 heterocycles. The molecular formula is C26H25N3O3. The molecule has 0 atom stereocenters. The van der Waals surface area contributed by atoms with E-state index in [4.69, 9.17) is 4.74 Å². The zero-order valence-corrected chi connectivity index (χ0v) is 18.2. The Balaban J connectivity index is 1.71. The van der Waals surface area contributed by atoms with Gasteiger partial charge < -0.3 is 10.1 Å². The molecule has 4 rings (SSSR count). The third-order valence-corrected chi connectivity index (χ3v) is 5.23. The third-order valence-electron chi connectivity index (χ3n) is 5.23. The molecule has 0 fully saturated rings. The molecule has 0 saturated carbocycles. The summed E-state index contributed by atoms with van der Waals surface area (Å²) in [4.78, 5) is 32.3.